The zero-order valence-electron chi connectivity index (χ0n) is 20.3. The van der Waals surface area contributed by atoms with Gasteiger partial charge in [0, 0.05) is 37.8 Å². The molecule has 0 radical (unpaired) electrons. The second-order valence-electron chi connectivity index (χ2n) is 8.90. The van der Waals surface area contributed by atoms with Crippen LogP contribution in [-0.2, 0) is 24.5 Å². The second kappa shape index (κ2) is 10.4. The van der Waals surface area contributed by atoms with Crippen molar-refractivity contribution in [2.45, 2.75) is 12.7 Å². The normalized spacial score (nSPS) is 14.6. The van der Waals surface area contributed by atoms with E-state index in [0.717, 1.165) is 40.9 Å². The van der Waals surface area contributed by atoms with E-state index < -0.39 is 29.3 Å². The van der Waals surface area contributed by atoms with E-state index in [9.17, 15) is 22.4 Å². The number of alkyl halides is 3. The van der Waals surface area contributed by atoms with Crippen LogP contribution in [0, 0.1) is 5.82 Å². The molecule has 2 amide bonds. The summed E-state index contributed by atoms with van der Waals surface area (Å²) in [5.74, 6) is -0.977. The lowest BCUT2D eigenvalue weighted by Gasteiger charge is -2.26. The number of halogens is 4. The van der Waals surface area contributed by atoms with Crippen LogP contribution in [0.15, 0.2) is 54.7 Å². The molecule has 198 valence electrons. The fourth-order valence-electron chi connectivity index (χ4n) is 4.29. The Bertz CT molecular complexity index is 1460. The summed E-state index contributed by atoms with van der Waals surface area (Å²) in [6.07, 6.45) is -2.91. The van der Waals surface area contributed by atoms with Gasteiger partial charge in [0.25, 0.3) is 0 Å². The molecule has 0 saturated carbocycles. The van der Waals surface area contributed by atoms with Crippen LogP contribution in [0.2, 0.25) is 0 Å². The molecule has 0 spiro atoms. The number of urea groups is 1. The van der Waals surface area contributed by atoms with Gasteiger partial charge in [-0.25, -0.2) is 14.2 Å². The van der Waals surface area contributed by atoms with E-state index >= 15 is 0 Å². The average molecular weight is 529 g/mol. The van der Waals surface area contributed by atoms with Gasteiger partial charge in [-0.15, -0.1) is 0 Å². The van der Waals surface area contributed by atoms with Crippen LogP contribution in [0.25, 0.3) is 22.2 Å². The quantitative estimate of drug-likeness (QED) is 0.345. The number of aryl methyl sites for hydroxylation is 1. The SMILES string of the molecule is Cn1ncc2c(-c3ccc(NC(=O)Nc4cc(C(F)(F)F)ccc4F)cc3)cc(CN3CCOCC3)nc21. The summed E-state index contributed by atoms with van der Waals surface area (Å²) in [4.78, 5) is 19.4. The van der Waals surface area contributed by atoms with Crippen molar-refractivity contribution >= 4 is 28.4 Å². The highest BCUT2D eigenvalue weighted by Crippen LogP contribution is 2.32. The smallest absolute Gasteiger partial charge is 0.379 e. The number of carbonyl (C=O) groups is 1. The molecule has 0 unspecified atom stereocenters. The molecule has 4 aromatic rings. The fourth-order valence-corrected chi connectivity index (χ4v) is 4.29. The Morgan fingerprint density at radius 2 is 1.79 bits per heavy atom. The molecule has 1 aliphatic heterocycles. The van der Waals surface area contributed by atoms with E-state index in [2.05, 4.69) is 20.6 Å². The highest BCUT2D eigenvalue weighted by molar-refractivity contribution is 6.00. The Morgan fingerprint density at radius 1 is 1.05 bits per heavy atom. The number of carbonyl (C=O) groups excluding carboxylic acids is 1. The Labute approximate surface area is 215 Å². The maximum atomic E-state index is 14.0. The molecule has 8 nitrogen and oxygen atoms in total. The number of aromatic nitrogens is 3. The Kier molecular flexibility index (Phi) is 7.00. The number of amides is 2. The molecule has 0 bridgehead atoms. The minimum atomic E-state index is -4.66. The average Bonchev–Trinajstić information content (AvgIpc) is 3.26. The van der Waals surface area contributed by atoms with Crippen molar-refractivity contribution in [3.63, 3.8) is 0 Å². The lowest BCUT2D eigenvalue weighted by molar-refractivity contribution is -0.137. The van der Waals surface area contributed by atoms with Gasteiger partial charge in [0.1, 0.15) is 5.82 Å². The Hall–Kier alpha value is -4.03. The van der Waals surface area contributed by atoms with Gasteiger partial charge >= 0.3 is 12.2 Å². The summed E-state index contributed by atoms with van der Waals surface area (Å²) in [5.41, 5.74) is 2.17. The predicted molar refractivity (Wildman–Crippen MR) is 134 cm³/mol. The first-order valence-corrected chi connectivity index (χ1v) is 11.8. The number of rotatable bonds is 5. The molecule has 2 N–H and O–H groups in total. The van der Waals surface area contributed by atoms with Gasteiger partial charge in [0.05, 0.1) is 36.4 Å². The van der Waals surface area contributed by atoms with Gasteiger partial charge in [-0.3, -0.25) is 9.58 Å². The highest BCUT2D eigenvalue weighted by atomic mass is 19.4. The fraction of sp³-hybridized carbons (Fsp3) is 0.269. The number of anilines is 2. The number of nitrogens with zero attached hydrogens (tertiary/aromatic N) is 4. The Morgan fingerprint density at radius 3 is 2.50 bits per heavy atom. The summed E-state index contributed by atoms with van der Waals surface area (Å²) >= 11 is 0. The third-order valence-corrected chi connectivity index (χ3v) is 6.24. The maximum absolute atomic E-state index is 14.0. The summed E-state index contributed by atoms with van der Waals surface area (Å²) in [6, 6.07) is 9.89. The number of morpholine rings is 1. The zero-order chi connectivity index (χ0) is 26.9. The third-order valence-electron chi connectivity index (χ3n) is 6.24. The topological polar surface area (TPSA) is 84.3 Å². The van der Waals surface area contributed by atoms with Crippen LogP contribution in [0.3, 0.4) is 0 Å². The number of fused-ring (bicyclic) bond motifs is 1. The van der Waals surface area contributed by atoms with E-state index in [-0.39, 0.29) is 0 Å². The summed E-state index contributed by atoms with van der Waals surface area (Å²) in [6.45, 7) is 3.69. The van der Waals surface area contributed by atoms with Crippen LogP contribution in [0.1, 0.15) is 11.3 Å². The van der Waals surface area contributed by atoms with Gasteiger partial charge in [0.15, 0.2) is 5.65 Å². The zero-order valence-corrected chi connectivity index (χ0v) is 20.3. The van der Waals surface area contributed by atoms with Crippen LogP contribution in [0.5, 0.6) is 0 Å². The van der Waals surface area contributed by atoms with Crippen molar-refractivity contribution in [1.29, 1.82) is 0 Å². The molecule has 12 heteroatoms. The molecule has 38 heavy (non-hydrogen) atoms. The minimum absolute atomic E-state index is 0.378. The minimum Gasteiger partial charge on any atom is -0.379 e. The van der Waals surface area contributed by atoms with E-state index in [1.807, 2.05) is 13.1 Å². The van der Waals surface area contributed by atoms with Gasteiger partial charge in [-0.1, -0.05) is 12.1 Å². The lowest BCUT2D eigenvalue weighted by Crippen LogP contribution is -2.35. The van der Waals surface area contributed by atoms with Crippen LogP contribution >= 0.6 is 0 Å². The molecule has 2 aromatic heterocycles. The summed E-state index contributed by atoms with van der Waals surface area (Å²) < 4.78 is 59.9. The molecule has 1 saturated heterocycles. The largest absolute Gasteiger partial charge is 0.416 e. The van der Waals surface area contributed by atoms with E-state index in [4.69, 9.17) is 9.72 Å². The third kappa shape index (κ3) is 5.60. The molecule has 0 aliphatic carbocycles. The maximum Gasteiger partial charge on any atom is 0.416 e. The summed E-state index contributed by atoms with van der Waals surface area (Å²) in [7, 11) is 1.83. The van der Waals surface area contributed by atoms with Crippen LogP contribution in [0.4, 0.5) is 33.7 Å². The molecule has 1 aliphatic rings. The van der Waals surface area contributed by atoms with E-state index in [1.54, 1.807) is 35.1 Å². The Balaban J connectivity index is 1.34. The van der Waals surface area contributed by atoms with Crippen molar-refractivity contribution in [1.82, 2.24) is 19.7 Å². The number of ether oxygens (including phenoxy) is 1. The number of pyridine rings is 1. The first-order chi connectivity index (χ1) is 18.2. The molecule has 3 heterocycles. The monoisotopic (exact) mass is 528 g/mol. The molecular formula is C26H24F4N6O2. The van der Waals surface area contributed by atoms with Crippen molar-refractivity contribution in [2.24, 2.45) is 7.05 Å². The van der Waals surface area contributed by atoms with Crippen molar-refractivity contribution in [3.05, 3.63) is 71.8 Å². The number of hydrogen-bond acceptors (Lipinski definition) is 5. The number of benzene rings is 2. The van der Waals surface area contributed by atoms with Crippen LogP contribution in [-0.4, -0.2) is 52.0 Å². The van der Waals surface area contributed by atoms with Gasteiger partial charge in [-0.2, -0.15) is 18.3 Å². The number of hydrogen-bond donors (Lipinski definition) is 2. The van der Waals surface area contributed by atoms with Crippen molar-refractivity contribution < 1.29 is 27.1 Å². The highest BCUT2D eigenvalue weighted by Gasteiger charge is 2.31. The van der Waals surface area contributed by atoms with Crippen molar-refractivity contribution in [3.8, 4) is 11.1 Å². The van der Waals surface area contributed by atoms with Gasteiger partial charge < -0.3 is 15.4 Å². The van der Waals surface area contributed by atoms with Gasteiger partial charge in [-0.05, 0) is 47.5 Å². The van der Waals surface area contributed by atoms with Crippen LogP contribution < -0.4 is 10.6 Å². The lowest BCUT2D eigenvalue weighted by atomic mass is 10.0. The predicted octanol–water partition coefficient (Wildman–Crippen LogP) is 5.27. The van der Waals surface area contributed by atoms with Crippen molar-refractivity contribution in [2.75, 3.05) is 36.9 Å². The van der Waals surface area contributed by atoms with Gasteiger partial charge in [0.2, 0.25) is 0 Å². The first kappa shape index (κ1) is 25.6. The molecule has 5 rings (SSSR count). The molecule has 0 atom stereocenters. The molecular weight excluding hydrogens is 504 g/mol. The second-order valence-corrected chi connectivity index (χ2v) is 8.90. The van der Waals surface area contributed by atoms with E-state index in [0.29, 0.717) is 43.6 Å². The molecule has 2 aromatic carbocycles. The van der Waals surface area contributed by atoms with E-state index in [1.165, 1.54) is 0 Å². The standard InChI is InChI=1S/C26H24F4N6O2/c1-35-24-21(14-31-35)20(13-19(32-24)15-36-8-10-38-11-9-36)16-2-5-18(6-3-16)33-25(37)34-23-12-17(26(28,29)30)4-7-22(23)27/h2-7,12-14H,8-11,15H2,1H3,(H2,33,34,37). The summed E-state index contributed by atoms with van der Waals surface area (Å²) in [5, 5.41) is 9.87. The number of nitrogens with one attached hydrogen (secondary N) is 2. The molecule has 1 fully saturated rings. The first-order valence-electron chi connectivity index (χ1n) is 11.8.